The van der Waals surface area contributed by atoms with Crippen LogP contribution in [0.3, 0.4) is 0 Å². The summed E-state index contributed by atoms with van der Waals surface area (Å²) in [6.45, 7) is 3.31. The number of amides is 1. The highest BCUT2D eigenvalue weighted by Crippen LogP contribution is 2.28. The number of hydrogen-bond donors (Lipinski definition) is 2. The van der Waals surface area contributed by atoms with E-state index in [4.69, 9.17) is 18.0 Å². The van der Waals surface area contributed by atoms with Gasteiger partial charge in [0.1, 0.15) is 5.69 Å². The van der Waals surface area contributed by atoms with E-state index in [-0.39, 0.29) is 10.7 Å². The zero-order chi connectivity index (χ0) is 15.6. The minimum atomic E-state index is -4.51. The Kier molecular flexibility index (Phi) is 4.69. The summed E-state index contributed by atoms with van der Waals surface area (Å²) in [6.07, 6.45) is -3.20. The quantitative estimate of drug-likeness (QED) is 0.839. The Bertz CT molecular complexity index is 516. The number of hydrogen-bond acceptors (Lipinski definition) is 3. The third kappa shape index (κ3) is 3.44. The molecule has 1 rings (SSSR count). The second kappa shape index (κ2) is 5.74. The van der Waals surface area contributed by atoms with E-state index in [1.165, 1.54) is 0 Å². The molecule has 110 valence electrons. The van der Waals surface area contributed by atoms with Gasteiger partial charge in [-0.1, -0.05) is 19.1 Å². The number of alkyl halides is 3. The second-order valence-corrected chi connectivity index (χ2v) is 4.87. The number of halogens is 3. The summed E-state index contributed by atoms with van der Waals surface area (Å²) in [5.41, 5.74) is 3.59. The Morgan fingerprint density at radius 2 is 2.05 bits per heavy atom. The predicted molar refractivity (Wildman–Crippen MR) is 73.1 cm³/mol. The van der Waals surface area contributed by atoms with Crippen molar-refractivity contribution in [2.75, 3.05) is 5.32 Å². The Morgan fingerprint density at radius 3 is 2.40 bits per heavy atom. The van der Waals surface area contributed by atoms with Crippen LogP contribution in [-0.2, 0) is 11.0 Å². The van der Waals surface area contributed by atoms with E-state index in [9.17, 15) is 18.0 Å². The SMILES string of the molecule is CCC(C)(C(=O)Nc1ccc(C(F)(F)F)nc1)C(N)=S. The molecule has 20 heavy (non-hydrogen) atoms. The molecule has 1 unspecified atom stereocenters. The van der Waals surface area contributed by atoms with E-state index < -0.39 is 23.2 Å². The Hall–Kier alpha value is -1.70. The van der Waals surface area contributed by atoms with E-state index >= 15 is 0 Å². The Balaban J connectivity index is 2.89. The van der Waals surface area contributed by atoms with Gasteiger partial charge in [0.25, 0.3) is 0 Å². The first kappa shape index (κ1) is 16.4. The van der Waals surface area contributed by atoms with Crippen molar-refractivity contribution in [3.63, 3.8) is 0 Å². The molecule has 4 nitrogen and oxygen atoms in total. The number of nitrogens with zero attached hydrogens (tertiary/aromatic N) is 1. The van der Waals surface area contributed by atoms with Gasteiger partial charge in [-0.05, 0) is 25.5 Å². The largest absolute Gasteiger partial charge is 0.433 e. The summed E-state index contributed by atoms with van der Waals surface area (Å²) in [5, 5.41) is 2.46. The predicted octanol–water partition coefficient (Wildman–Crippen LogP) is 2.74. The molecule has 0 saturated carbocycles. The molecule has 1 amide bonds. The van der Waals surface area contributed by atoms with Gasteiger partial charge in [0.2, 0.25) is 5.91 Å². The lowest BCUT2D eigenvalue weighted by molar-refractivity contribution is -0.141. The van der Waals surface area contributed by atoms with Gasteiger partial charge in [0.15, 0.2) is 0 Å². The van der Waals surface area contributed by atoms with Gasteiger partial charge >= 0.3 is 6.18 Å². The zero-order valence-electron chi connectivity index (χ0n) is 10.9. The molecule has 0 bridgehead atoms. The monoisotopic (exact) mass is 305 g/mol. The molecular formula is C12H14F3N3OS. The number of thiocarbonyl (C=S) groups is 1. The fourth-order valence-corrected chi connectivity index (χ4v) is 1.59. The molecule has 0 aliphatic rings. The summed E-state index contributed by atoms with van der Waals surface area (Å²) in [4.78, 5) is 15.3. The average molecular weight is 305 g/mol. The van der Waals surface area contributed by atoms with Crippen LogP contribution in [0.15, 0.2) is 18.3 Å². The van der Waals surface area contributed by atoms with Gasteiger partial charge in [-0.2, -0.15) is 13.2 Å². The molecule has 0 spiro atoms. The topological polar surface area (TPSA) is 68.0 Å². The highest BCUT2D eigenvalue weighted by Gasteiger charge is 2.35. The molecule has 8 heteroatoms. The highest BCUT2D eigenvalue weighted by molar-refractivity contribution is 7.80. The zero-order valence-corrected chi connectivity index (χ0v) is 11.7. The van der Waals surface area contributed by atoms with Crippen molar-refractivity contribution in [3.05, 3.63) is 24.0 Å². The second-order valence-electron chi connectivity index (χ2n) is 4.43. The summed E-state index contributed by atoms with van der Waals surface area (Å²) in [6, 6.07) is 1.92. The number of anilines is 1. The fraction of sp³-hybridized carbons (Fsp3) is 0.417. The van der Waals surface area contributed by atoms with E-state index in [0.717, 1.165) is 18.3 Å². The lowest BCUT2D eigenvalue weighted by Crippen LogP contribution is -2.43. The molecule has 0 aliphatic carbocycles. The van der Waals surface area contributed by atoms with Crippen molar-refractivity contribution >= 4 is 28.8 Å². The third-order valence-electron chi connectivity index (χ3n) is 3.06. The summed E-state index contributed by atoms with van der Waals surface area (Å²) < 4.78 is 37.0. The Labute approximate surface area is 119 Å². The molecule has 1 heterocycles. The summed E-state index contributed by atoms with van der Waals surface area (Å²) >= 11 is 4.84. The number of carbonyl (C=O) groups is 1. The van der Waals surface area contributed by atoms with Crippen LogP contribution in [0, 0.1) is 5.41 Å². The van der Waals surface area contributed by atoms with Crippen LogP contribution < -0.4 is 11.1 Å². The maximum atomic E-state index is 12.3. The number of rotatable bonds is 4. The van der Waals surface area contributed by atoms with Crippen molar-refractivity contribution in [3.8, 4) is 0 Å². The summed E-state index contributed by atoms with van der Waals surface area (Å²) in [7, 11) is 0. The van der Waals surface area contributed by atoms with Crippen molar-refractivity contribution in [1.82, 2.24) is 4.98 Å². The maximum Gasteiger partial charge on any atom is 0.433 e. The number of nitrogens with two attached hydrogens (primary N) is 1. The average Bonchev–Trinajstić information content (AvgIpc) is 2.36. The van der Waals surface area contributed by atoms with Gasteiger partial charge in [-0.15, -0.1) is 0 Å². The van der Waals surface area contributed by atoms with Crippen LogP contribution in [0.2, 0.25) is 0 Å². The van der Waals surface area contributed by atoms with Crippen LogP contribution in [0.25, 0.3) is 0 Å². The van der Waals surface area contributed by atoms with Crippen molar-refractivity contribution < 1.29 is 18.0 Å². The van der Waals surface area contributed by atoms with Crippen LogP contribution in [-0.4, -0.2) is 15.9 Å². The highest BCUT2D eigenvalue weighted by atomic mass is 32.1. The molecule has 0 aromatic carbocycles. The molecule has 0 fully saturated rings. The first-order valence-electron chi connectivity index (χ1n) is 5.76. The van der Waals surface area contributed by atoms with Crippen LogP contribution in [0.5, 0.6) is 0 Å². The first-order valence-corrected chi connectivity index (χ1v) is 6.16. The van der Waals surface area contributed by atoms with E-state index in [2.05, 4.69) is 10.3 Å². The number of carbonyl (C=O) groups excluding carboxylic acids is 1. The minimum Gasteiger partial charge on any atom is -0.392 e. The van der Waals surface area contributed by atoms with Crippen LogP contribution in [0.4, 0.5) is 18.9 Å². The molecule has 0 saturated heterocycles. The van der Waals surface area contributed by atoms with E-state index in [0.29, 0.717) is 6.42 Å². The number of nitrogens with one attached hydrogen (secondary N) is 1. The number of pyridine rings is 1. The lowest BCUT2D eigenvalue weighted by Gasteiger charge is -2.25. The lowest BCUT2D eigenvalue weighted by atomic mass is 9.86. The van der Waals surface area contributed by atoms with Gasteiger partial charge in [-0.25, -0.2) is 4.98 Å². The smallest absolute Gasteiger partial charge is 0.392 e. The third-order valence-corrected chi connectivity index (χ3v) is 3.51. The van der Waals surface area contributed by atoms with Gasteiger partial charge in [0, 0.05) is 0 Å². The molecule has 1 atom stereocenters. The van der Waals surface area contributed by atoms with Crippen molar-refractivity contribution in [2.45, 2.75) is 26.4 Å². The van der Waals surface area contributed by atoms with Crippen LogP contribution in [0.1, 0.15) is 26.0 Å². The van der Waals surface area contributed by atoms with Gasteiger partial charge in [0.05, 0.1) is 22.3 Å². The van der Waals surface area contributed by atoms with E-state index in [1.54, 1.807) is 13.8 Å². The van der Waals surface area contributed by atoms with Crippen molar-refractivity contribution in [1.29, 1.82) is 0 Å². The van der Waals surface area contributed by atoms with E-state index in [1.807, 2.05) is 0 Å². The molecule has 1 aromatic rings. The fourth-order valence-electron chi connectivity index (χ4n) is 1.35. The summed E-state index contributed by atoms with van der Waals surface area (Å²) in [5.74, 6) is -0.478. The molecular weight excluding hydrogens is 291 g/mol. The van der Waals surface area contributed by atoms with Gasteiger partial charge < -0.3 is 11.1 Å². The minimum absolute atomic E-state index is 0.0253. The molecule has 0 aliphatic heterocycles. The molecule has 3 N–H and O–H groups in total. The van der Waals surface area contributed by atoms with Crippen LogP contribution >= 0.6 is 12.2 Å². The van der Waals surface area contributed by atoms with Crippen molar-refractivity contribution in [2.24, 2.45) is 11.1 Å². The first-order chi connectivity index (χ1) is 9.11. The Morgan fingerprint density at radius 1 is 1.45 bits per heavy atom. The molecule has 1 aromatic heterocycles. The molecule has 0 radical (unpaired) electrons. The normalized spacial score (nSPS) is 14.4. The number of aromatic nitrogens is 1. The van der Waals surface area contributed by atoms with Gasteiger partial charge in [-0.3, -0.25) is 4.79 Å². The standard InChI is InChI=1S/C12H14F3N3OS/c1-3-11(2,9(16)20)10(19)18-7-4-5-8(17-6-7)12(13,14)15/h4-6H,3H2,1-2H3,(H2,16,20)(H,18,19). The maximum absolute atomic E-state index is 12.3.